The van der Waals surface area contributed by atoms with Gasteiger partial charge in [0.25, 0.3) is 5.91 Å². The molecular weight excluding hydrogens is 392 g/mol. The third-order valence-corrected chi connectivity index (χ3v) is 5.84. The molecule has 2 saturated heterocycles. The predicted octanol–water partition coefficient (Wildman–Crippen LogP) is 3.96. The number of alkyl carbamates (subject to hydrolysis) is 1. The van der Waals surface area contributed by atoms with Gasteiger partial charge in [-0.2, -0.15) is 0 Å². The number of anilines is 1. The van der Waals surface area contributed by atoms with Crippen LogP contribution in [0.1, 0.15) is 56.8 Å². The lowest BCUT2D eigenvalue weighted by atomic mass is 10.0. The van der Waals surface area contributed by atoms with Gasteiger partial charge in [0.2, 0.25) is 0 Å². The number of pyridine rings is 1. The van der Waals surface area contributed by atoms with E-state index >= 15 is 0 Å². The van der Waals surface area contributed by atoms with Crippen LogP contribution in [0.3, 0.4) is 0 Å². The maximum atomic E-state index is 13.5. The number of aromatic nitrogens is 1. The molecule has 0 atom stereocenters. The summed E-state index contributed by atoms with van der Waals surface area (Å²) in [6.45, 7) is 8.63. The third-order valence-electron chi connectivity index (χ3n) is 5.84. The Morgan fingerprint density at radius 3 is 2.42 bits per heavy atom. The van der Waals surface area contributed by atoms with Gasteiger partial charge in [0.15, 0.2) is 0 Å². The molecule has 166 valence electrons. The molecule has 0 bridgehead atoms. The normalized spacial score (nSPS) is 17.8. The van der Waals surface area contributed by atoms with Crippen molar-refractivity contribution in [3.05, 3.63) is 35.9 Å². The summed E-state index contributed by atoms with van der Waals surface area (Å²) >= 11 is 0. The van der Waals surface area contributed by atoms with Crippen LogP contribution in [-0.4, -0.2) is 59.7 Å². The van der Waals surface area contributed by atoms with Crippen molar-refractivity contribution < 1.29 is 14.3 Å². The van der Waals surface area contributed by atoms with Crippen LogP contribution in [0.15, 0.2) is 30.3 Å². The van der Waals surface area contributed by atoms with Crippen LogP contribution in [0, 0.1) is 0 Å². The fourth-order valence-corrected chi connectivity index (χ4v) is 4.30. The van der Waals surface area contributed by atoms with Crippen molar-refractivity contribution in [2.24, 2.45) is 0 Å². The van der Waals surface area contributed by atoms with E-state index in [2.05, 4.69) is 10.2 Å². The van der Waals surface area contributed by atoms with Gasteiger partial charge >= 0.3 is 6.09 Å². The summed E-state index contributed by atoms with van der Waals surface area (Å²) in [5, 5.41) is 3.92. The molecule has 0 aliphatic carbocycles. The maximum Gasteiger partial charge on any atom is 0.407 e. The number of carbonyl (C=O) groups excluding carboxylic acids is 2. The van der Waals surface area contributed by atoms with E-state index in [0.29, 0.717) is 31.5 Å². The third kappa shape index (κ3) is 5.09. The second-order valence-corrected chi connectivity index (χ2v) is 9.46. The fraction of sp³-hybridized carbons (Fsp3) is 0.542. The molecule has 2 fully saturated rings. The van der Waals surface area contributed by atoms with Crippen molar-refractivity contribution in [3.63, 3.8) is 0 Å². The van der Waals surface area contributed by atoms with Crippen molar-refractivity contribution >= 4 is 28.7 Å². The first kappa shape index (κ1) is 21.4. The molecule has 0 saturated carbocycles. The van der Waals surface area contributed by atoms with E-state index in [9.17, 15) is 9.59 Å². The number of carbonyl (C=O) groups is 2. The topological polar surface area (TPSA) is 74.8 Å². The molecule has 1 aromatic carbocycles. The zero-order valence-corrected chi connectivity index (χ0v) is 18.7. The summed E-state index contributed by atoms with van der Waals surface area (Å²) in [5.41, 5.74) is 1.08. The summed E-state index contributed by atoms with van der Waals surface area (Å²) in [4.78, 5) is 34.5. The summed E-state index contributed by atoms with van der Waals surface area (Å²) in [7, 11) is 0. The minimum absolute atomic E-state index is 0.0201. The number of nitrogens with one attached hydrogen (secondary N) is 1. The van der Waals surface area contributed by atoms with Crippen LogP contribution in [0.4, 0.5) is 10.6 Å². The minimum Gasteiger partial charge on any atom is -0.444 e. The zero-order valence-electron chi connectivity index (χ0n) is 18.7. The maximum absolute atomic E-state index is 13.5. The van der Waals surface area contributed by atoms with Crippen LogP contribution < -0.4 is 10.2 Å². The van der Waals surface area contributed by atoms with E-state index in [-0.39, 0.29) is 11.9 Å². The Bertz CT molecular complexity index is 955. The lowest BCUT2D eigenvalue weighted by molar-refractivity contribution is 0.0473. The second kappa shape index (κ2) is 8.73. The van der Waals surface area contributed by atoms with Gasteiger partial charge in [-0.1, -0.05) is 18.2 Å². The van der Waals surface area contributed by atoms with Crippen molar-refractivity contribution in [1.82, 2.24) is 15.2 Å². The summed E-state index contributed by atoms with van der Waals surface area (Å²) < 4.78 is 5.35. The molecule has 2 aliphatic heterocycles. The number of likely N-dealkylation sites (tertiary alicyclic amines) is 1. The molecule has 2 aromatic rings. The molecule has 1 N–H and O–H groups in total. The highest BCUT2D eigenvalue weighted by Crippen LogP contribution is 2.28. The quantitative estimate of drug-likeness (QED) is 0.807. The van der Waals surface area contributed by atoms with Gasteiger partial charge in [0, 0.05) is 37.6 Å². The first-order chi connectivity index (χ1) is 14.8. The molecule has 1 aromatic heterocycles. The average Bonchev–Trinajstić information content (AvgIpc) is 3.26. The molecule has 7 nitrogen and oxygen atoms in total. The molecular formula is C24H32N4O3. The van der Waals surface area contributed by atoms with Crippen LogP contribution >= 0.6 is 0 Å². The van der Waals surface area contributed by atoms with Crippen LogP contribution in [0.2, 0.25) is 0 Å². The van der Waals surface area contributed by atoms with Gasteiger partial charge in [0.1, 0.15) is 11.4 Å². The second-order valence-electron chi connectivity index (χ2n) is 9.46. The lowest BCUT2D eigenvalue weighted by Crippen LogP contribution is -2.47. The SMILES string of the molecule is CC(C)(C)OC(=O)NC1CCN(C(=O)c2cc3ccccc3nc2N2CCCC2)CC1. The number of amides is 2. The van der Waals surface area contributed by atoms with Crippen molar-refractivity contribution in [3.8, 4) is 0 Å². The number of rotatable bonds is 3. The fourth-order valence-electron chi connectivity index (χ4n) is 4.30. The van der Waals surface area contributed by atoms with Crippen molar-refractivity contribution in [2.45, 2.75) is 58.1 Å². The Morgan fingerprint density at radius 2 is 1.74 bits per heavy atom. The highest BCUT2D eigenvalue weighted by molar-refractivity contribution is 6.02. The number of fused-ring (bicyclic) bond motifs is 1. The Labute approximate surface area is 183 Å². The van der Waals surface area contributed by atoms with E-state index in [1.54, 1.807) is 0 Å². The van der Waals surface area contributed by atoms with Gasteiger partial charge in [-0.3, -0.25) is 4.79 Å². The van der Waals surface area contributed by atoms with Gasteiger partial charge in [0.05, 0.1) is 11.1 Å². The van der Waals surface area contributed by atoms with E-state index < -0.39 is 11.7 Å². The minimum atomic E-state index is -0.518. The van der Waals surface area contributed by atoms with Crippen molar-refractivity contribution in [1.29, 1.82) is 0 Å². The van der Waals surface area contributed by atoms with Crippen molar-refractivity contribution in [2.75, 3.05) is 31.1 Å². The lowest BCUT2D eigenvalue weighted by Gasteiger charge is -2.33. The number of piperidine rings is 1. The number of benzene rings is 1. The molecule has 31 heavy (non-hydrogen) atoms. The Morgan fingerprint density at radius 1 is 1.06 bits per heavy atom. The summed E-state index contributed by atoms with van der Waals surface area (Å²) in [6, 6.07) is 9.96. The molecule has 0 radical (unpaired) electrons. The van der Waals surface area contributed by atoms with Crippen LogP contribution in [-0.2, 0) is 4.74 Å². The number of hydrogen-bond donors (Lipinski definition) is 1. The standard InChI is InChI=1S/C24H32N4O3/c1-24(2,3)31-23(30)25-18-10-14-28(15-11-18)22(29)19-16-17-8-4-5-9-20(17)26-21(19)27-12-6-7-13-27/h4-5,8-9,16,18H,6-7,10-15H2,1-3H3,(H,25,30). The van der Waals surface area contributed by atoms with E-state index in [0.717, 1.165) is 42.7 Å². The van der Waals surface area contributed by atoms with E-state index in [1.165, 1.54) is 0 Å². The smallest absolute Gasteiger partial charge is 0.407 e. The highest BCUT2D eigenvalue weighted by Gasteiger charge is 2.29. The number of nitrogens with zero attached hydrogens (tertiary/aromatic N) is 3. The predicted molar refractivity (Wildman–Crippen MR) is 121 cm³/mol. The largest absolute Gasteiger partial charge is 0.444 e. The highest BCUT2D eigenvalue weighted by atomic mass is 16.6. The molecule has 0 unspecified atom stereocenters. The van der Waals surface area contributed by atoms with Crippen LogP contribution in [0.5, 0.6) is 0 Å². The summed E-state index contributed by atoms with van der Waals surface area (Å²) in [6.07, 6.45) is 3.29. The Kier molecular flexibility index (Phi) is 6.03. The average molecular weight is 425 g/mol. The Hall–Kier alpha value is -2.83. The number of hydrogen-bond acceptors (Lipinski definition) is 5. The van der Waals surface area contributed by atoms with Crippen LogP contribution in [0.25, 0.3) is 10.9 Å². The number of ether oxygens (including phenoxy) is 1. The molecule has 3 heterocycles. The molecule has 2 aliphatic rings. The molecule has 0 spiro atoms. The zero-order chi connectivity index (χ0) is 22.0. The van der Waals surface area contributed by atoms with E-state index in [4.69, 9.17) is 9.72 Å². The van der Waals surface area contributed by atoms with E-state index in [1.807, 2.05) is 56.0 Å². The molecule has 2 amide bonds. The summed E-state index contributed by atoms with van der Waals surface area (Å²) in [5.74, 6) is 0.825. The van der Waals surface area contributed by atoms with Gasteiger partial charge < -0.3 is 19.9 Å². The Balaban J connectivity index is 1.47. The number of para-hydroxylation sites is 1. The molecule has 7 heteroatoms. The monoisotopic (exact) mass is 424 g/mol. The molecule has 4 rings (SSSR count). The van der Waals surface area contributed by atoms with Gasteiger partial charge in [-0.15, -0.1) is 0 Å². The van der Waals surface area contributed by atoms with Gasteiger partial charge in [-0.25, -0.2) is 9.78 Å². The first-order valence-electron chi connectivity index (χ1n) is 11.2. The first-order valence-corrected chi connectivity index (χ1v) is 11.2. The van der Waals surface area contributed by atoms with Gasteiger partial charge in [-0.05, 0) is 58.6 Å².